The van der Waals surface area contributed by atoms with E-state index in [1.54, 1.807) is 0 Å². The SMILES string of the molecule is CCCC(C)CSP(O)(=S)c1ccc(C(F)(F)F)cc1. The minimum Gasteiger partial charge on any atom is -0.354 e. The molecule has 0 aliphatic heterocycles. The van der Waals surface area contributed by atoms with Gasteiger partial charge in [0.15, 0.2) is 0 Å². The molecule has 0 aliphatic rings. The monoisotopic (exact) mass is 342 g/mol. The standard InChI is InChI=1S/C13H18F3OPS2/c1-3-4-10(2)9-20-18(17,19)12-7-5-11(6-8-12)13(14,15)16/h5-8,10H,3-4,9H2,1-2H3,(H,17,19). The molecule has 0 amide bonds. The Bertz CT molecular complexity index is 473. The van der Waals surface area contributed by atoms with Crippen LogP contribution in [0.4, 0.5) is 13.2 Å². The van der Waals surface area contributed by atoms with Crippen LogP contribution in [0, 0.1) is 5.92 Å². The maximum absolute atomic E-state index is 12.5. The molecule has 0 saturated carbocycles. The van der Waals surface area contributed by atoms with E-state index in [0.717, 1.165) is 30.7 Å². The summed E-state index contributed by atoms with van der Waals surface area (Å²) < 4.78 is 37.4. The lowest BCUT2D eigenvalue weighted by atomic mass is 10.1. The first kappa shape index (κ1) is 18.0. The Morgan fingerprint density at radius 2 is 1.85 bits per heavy atom. The van der Waals surface area contributed by atoms with E-state index < -0.39 is 17.2 Å². The van der Waals surface area contributed by atoms with E-state index in [9.17, 15) is 18.1 Å². The van der Waals surface area contributed by atoms with Crippen LogP contribution >= 0.6 is 16.8 Å². The molecule has 2 unspecified atom stereocenters. The molecule has 0 saturated heterocycles. The van der Waals surface area contributed by atoms with E-state index in [0.29, 0.717) is 11.2 Å². The van der Waals surface area contributed by atoms with E-state index in [1.807, 2.05) is 0 Å². The minimum atomic E-state index is -4.36. The molecule has 1 N–H and O–H groups in total. The highest BCUT2D eigenvalue weighted by Gasteiger charge is 2.30. The molecular weight excluding hydrogens is 324 g/mol. The van der Waals surface area contributed by atoms with Crippen molar-refractivity contribution >= 4 is 34.0 Å². The molecule has 1 nitrogen and oxygen atoms in total. The lowest BCUT2D eigenvalue weighted by molar-refractivity contribution is -0.137. The van der Waals surface area contributed by atoms with Crippen molar-refractivity contribution in [1.82, 2.24) is 0 Å². The highest BCUT2D eigenvalue weighted by Crippen LogP contribution is 2.54. The second kappa shape index (κ2) is 7.30. The van der Waals surface area contributed by atoms with Crippen LogP contribution in [-0.4, -0.2) is 10.6 Å². The van der Waals surface area contributed by atoms with Gasteiger partial charge in [-0.25, -0.2) is 0 Å². The normalized spacial score (nSPS) is 16.7. The summed E-state index contributed by atoms with van der Waals surface area (Å²) in [6.45, 7) is 4.17. The van der Waals surface area contributed by atoms with E-state index >= 15 is 0 Å². The molecule has 0 fully saturated rings. The van der Waals surface area contributed by atoms with Gasteiger partial charge in [0.05, 0.1) is 5.56 Å². The first-order chi connectivity index (χ1) is 9.16. The van der Waals surface area contributed by atoms with Gasteiger partial charge in [0.2, 0.25) is 0 Å². The Labute approximate surface area is 126 Å². The molecule has 0 spiro atoms. The largest absolute Gasteiger partial charge is 0.416 e. The number of rotatable bonds is 6. The van der Waals surface area contributed by atoms with Crippen LogP contribution in [0.25, 0.3) is 0 Å². The van der Waals surface area contributed by atoms with Crippen molar-refractivity contribution in [3.05, 3.63) is 29.8 Å². The molecule has 0 radical (unpaired) electrons. The van der Waals surface area contributed by atoms with Crippen LogP contribution in [0.5, 0.6) is 0 Å². The van der Waals surface area contributed by atoms with Crippen LogP contribution < -0.4 is 5.30 Å². The predicted octanol–water partition coefficient (Wildman–Crippen LogP) is 4.80. The third kappa shape index (κ3) is 5.40. The van der Waals surface area contributed by atoms with Gasteiger partial charge in [-0.15, -0.1) is 0 Å². The molecule has 1 aromatic carbocycles. The van der Waals surface area contributed by atoms with Gasteiger partial charge in [0.1, 0.15) is 5.47 Å². The van der Waals surface area contributed by atoms with E-state index in [2.05, 4.69) is 13.8 Å². The number of hydrogen-bond acceptors (Lipinski definition) is 2. The Hall–Kier alpha value is -0.0300. The van der Waals surface area contributed by atoms with E-state index in [4.69, 9.17) is 11.8 Å². The molecule has 0 bridgehead atoms. The molecule has 114 valence electrons. The Morgan fingerprint density at radius 3 is 2.30 bits per heavy atom. The number of benzene rings is 1. The van der Waals surface area contributed by atoms with Crippen molar-refractivity contribution in [3.8, 4) is 0 Å². The van der Waals surface area contributed by atoms with Crippen LogP contribution in [0.3, 0.4) is 0 Å². The van der Waals surface area contributed by atoms with Gasteiger partial charge in [-0.1, -0.05) is 62.0 Å². The van der Waals surface area contributed by atoms with Gasteiger partial charge in [-0.2, -0.15) is 13.2 Å². The number of hydrogen-bond donors (Lipinski definition) is 1. The first-order valence-electron chi connectivity index (χ1n) is 6.32. The molecule has 1 aromatic rings. The molecule has 7 heteroatoms. The van der Waals surface area contributed by atoms with Crippen molar-refractivity contribution in [2.24, 2.45) is 5.92 Å². The first-order valence-corrected chi connectivity index (χ1v) is 10.7. The minimum absolute atomic E-state index is 0.425. The van der Waals surface area contributed by atoms with Gasteiger partial charge in [0, 0.05) is 11.1 Å². The topological polar surface area (TPSA) is 20.2 Å². The summed E-state index contributed by atoms with van der Waals surface area (Å²) >= 11 is 6.49. The van der Waals surface area contributed by atoms with Gasteiger partial charge in [-0.05, 0) is 18.1 Å². The quantitative estimate of drug-likeness (QED) is 0.750. The molecule has 0 heterocycles. The van der Waals surface area contributed by atoms with Crippen LogP contribution in [0.15, 0.2) is 24.3 Å². The van der Waals surface area contributed by atoms with Crippen LogP contribution in [0.2, 0.25) is 0 Å². The molecule has 2 atom stereocenters. The summed E-state index contributed by atoms with van der Waals surface area (Å²) in [6.07, 6.45) is -2.25. The lowest BCUT2D eigenvalue weighted by Crippen LogP contribution is -2.09. The summed E-state index contributed by atoms with van der Waals surface area (Å²) in [5, 5.41) is 0.425. The molecule has 0 aliphatic carbocycles. The van der Waals surface area contributed by atoms with Crippen molar-refractivity contribution < 1.29 is 18.1 Å². The third-order valence-corrected chi connectivity index (χ3v) is 8.57. The molecule has 0 aromatic heterocycles. The Balaban J connectivity index is 2.75. The zero-order chi connectivity index (χ0) is 15.4. The Morgan fingerprint density at radius 1 is 1.30 bits per heavy atom. The average Bonchev–Trinajstić information content (AvgIpc) is 2.36. The summed E-state index contributed by atoms with van der Waals surface area (Å²) in [6, 6.07) is 4.54. The van der Waals surface area contributed by atoms with Gasteiger partial charge < -0.3 is 4.89 Å². The predicted molar refractivity (Wildman–Crippen MR) is 84.1 cm³/mol. The molecule has 1 rings (SSSR count). The smallest absolute Gasteiger partial charge is 0.354 e. The highest BCUT2D eigenvalue weighted by atomic mass is 32.9. The molecular formula is C13H18F3OPS2. The summed E-state index contributed by atoms with van der Waals surface area (Å²) in [5.74, 6) is 1.16. The molecule has 20 heavy (non-hydrogen) atoms. The third-order valence-electron chi connectivity index (χ3n) is 2.84. The number of alkyl halides is 3. The van der Waals surface area contributed by atoms with Crippen molar-refractivity contribution in [2.75, 3.05) is 5.75 Å². The lowest BCUT2D eigenvalue weighted by Gasteiger charge is -2.18. The summed E-state index contributed by atoms with van der Waals surface area (Å²) in [5.41, 5.74) is -3.53. The fourth-order valence-corrected chi connectivity index (χ4v) is 6.11. The van der Waals surface area contributed by atoms with E-state index in [1.165, 1.54) is 23.5 Å². The Kier molecular flexibility index (Phi) is 6.58. The fraction of sp³-hybridized carbons (Fsp3) is 0.538. The summed E-state index contributed by atoms with van der Waals surface area (Å²) in [4.78, 5) is 10.3. The van der Waals surface area contributed by atoms with Crippen molar-refractivity contribution in [3.63, 3.8) is 0 Å². The van der Waals surface area contributed by atoms with Crippen molar-refractivity contribution in [2.45, 2.75) is 32.9 Å². The second-order valence-corrected chi connectivity index (χ2v) is 11.5. The second-order valence-electron chi connectivity index (χ2n) is 4.75. The zero-order valence-electron chi connectivity index (χ0n) is 11.4. The maximum Gasteiger partial charge on any atom is 0.416 e. The average molecular weight is 342 g/mol. The van der Waals surface area contributed by atoms with Gasteiger partial charge in [-0.3, -0.25) is 0 Å². The van der Waals surface area contributed by atoms with Gasteiger partial charge in [0.25, 0.3) is 0 Å². The fourth-order valence-electron chi connectivity index (χ4n) is 1.72. The summed E-state index contributed by atoms with van der Waals surface area (Å²) in [7, 11) is 0. The zero-order valence-corrected chi connectivity index (χ0v) is 13.9. The number of halogens is 3. The highest BCUT2D eigenvalue weighted by molar-refractivity contribution is 8.71. The maximum atomic E-state index is 12.5. The van der Waals surface area contributed by atoms with Gasteiger partial charge >= 0.3 is 6.18 Å². The van der Waals surface area contributed by atoms with Crippen LogP contribution in [-0.2, 0) is 18.0 Å². The van der Waals surface area contributed by atoms with Crippen molar-refractivity contribution in [1.29, 1.82) is 0 Å². The van der Waals surface area contributed by atoms with Crippen LogP contribution in [0.1, 0.15) is 32.3 Å². The van der Waals surface area contributed by atoms with E-state index in [-0.39, 0.29) is 0 Å².